The number of nitrogens with zero attached hydrogens (tertiary/aromatic N) is 1. The van der Waals surface area contributed by atoms with E-state index >= 15 is 0 Å². The van der Waals surface area contributed by atoms with Crippen LogP contribution in [0.4, 0.5) is 0 Å². The highest BCUT2D eigenvalue weighted by Crippen LogP contribution is 2.46. The molecule has 152 valence electrons. The first-order valence-corrected chi connectivity index (χ1v) is 12.2. The number of hydrogen-bond donors (Lipinski definition) is 1. The van der Waals surface area contributed by atoms with Crippen LogP contribution in [0.25, 0.3) is 0 Å². The Kier molecular flexibility index (Phi) is 6.85. The van der Waals surface area contributed by atoms with Crippen LogP contribution in [0.5, 0.6) is 0 Å². The first-order chi connectivity index (χ1) is 13.3. The summed E-state index contributed by atoms with van der Waals surface area (Å²) in [5.41, 5.74) is 1.78. The van der Waals surface area contributed by atoms with E-state index in [-0.39, 0.29) is 18.3 Å². The Labute approximate surface area is 180 Å². The second-order valence-electron chi connectivity index (χ2n) is 7.47. The summed E-state index contributed by atoms with van der Waals surface area (Å²) in [6.07, 6.45) is 11.5. The summed E-state index contributed by atoms with van der Waals surface area (Å²) in [5, 5.41) is 8.77. The van der Waals surface area contributed by atoms with E-state index in [1.807, 2.05) is 24.3 Å². The lowest BCUT2D eigenvalue weighted by Gasteiger charge is -2.31. The molecule has 5 nitrogen and oxygen atoms in total. The van der Waals surface area contributed by atoms with Crippen LogP contribution in [-0.2, 0) is 14.8 Å². The van der Waals surface area contributed by atoms with Gasteiger partial charge in [0.05, 0.1) is 4.90 Å². The fourth-order valence-corrected chi connectivity index (χ4v) is 6.50. The SMILES string of the molecule is CN1C2=CC=CCC2C(CCCCCCC(=O)O)c2ccc(I)cc2S1(=O)=O. The van der Waals surface area contributed by atoms with Crippen molar-refractivity contribution >= 4 is 38.6 Å². The van der Waals surface area contributed by atoms with Gasteiger partial charge >= 0.3 is 5.97 Å². The van der Waals surface area contributed by atoms with Gasteiger partial charge in [0.2, 0.25) is 0 Å². The van der Waals surface area contributed by atoms with Crippen molar-refractivity contribution in [3.63, 3.8) is 0 Å². The summed E-state index contributed by atoms with van der Waals surface area (Å²) >= 11 is 2.16. The molecule has 0 saturated heterocycles. The third kappa shape index (κ3) is 4.45. The Morgan fingerprint density at radius 2 is 2.00 bits per heavy atom. The molecule has 1 aromatic rings. The number of carboxylic acids is 1. The Hall–Kier alpha value is -1.35. The van der Waals surface area contributed by atoms with Crippen molar-refractivity contribution in [3.05, 3.63) is 51.3 Å². The minimum Gasteiger partial charge on any atom is -0.481 e. The van der Waals surface area contributed by atoms with Crippen molar-refractivity contribution in [2.45, 2.75) is 55.8 Å². The van der Waals surface area contributed by atoms with Gasteiger partial charge in [-0.3, -0.25) is 9.10 Å². The molecule has 1 aromatic carbocycles. The van der Waals surface area contributed by atoms with E-state index in [9.17, 15) is 13.2 Å². The highest BCUT2D eigenvalue weighted by Gasteiger charge is 2.39. The predicted molar refractivity (Wildman–Crippen MR) is 118 cm³/mol. The molecule has 2 aliphatic rings. The van der Waals surface area contributed by atoms with Gasteiger partial charge in [-0.15, -0.1) is 0 Å². The number of benzene rings is 1. The van der Waals surface area contributed by atoms with E-state index < -0.39 is 16.0 Å². The zero-order valence-electron chi connectivity index (χ0n) is 16.0. The van der Waals surface area contributed by atoms with Crippen molar-refractivity contribution in [2.24, 2.45) is 5.92 Å². The van der Waals surface area contributed by atoms with Gasteiger partial charge in [-0.2, -0.15) is 0 Å². The molecule has 1 aliphatic carbocycles. The van der Waals surface area contributed by atoms with Gasteiger partial charge in [-0.1, -0.05) is 37.5 Å². The molecule has 1 aliphatic heterocycles. The third-order valence-corrected chi connectivity index (χ3v) is 8.20. The van der Waals surface area contributed by atoms with Crippen molar-refractivity contribution in [3.8, 4) is 0 Å². The van der Waals surface area contributed by atoms with E-state index in [0.29, 0.717) is 11.3 Å². The van der Waals surface area contributed by atoms with Gasteiger partial charge in [0, 0.05) is 28.7 Å². The number of allylic oxidation sites excluding steroid dienone is 4. The Morgan fingerprint density at radius 1 is 1.25 bits per heavy atom. The van der Waals surface area contributed by atoms with Crippen molar-refractivity contribution in [2.75, 3.05) is 7.05 Å². The maximum atomic E-state index is 13.3. The van der Waals surface area contributed by atoms with E-state index in [1.54, 1.807) is 13.1 Å². The molecule has 0 aromatic heterocycles. The fourth-order valence-electron chi connectivity index (χ4n) is 4.24. The molecule has 7 heteroatoms. The average molecular weight is 515 g/mol. The number of sulfonamides is 1. The minimum atomic E-state index is -3.57. The third-order valence-electron chi connectivity index (χ3n) is 5.69. The van der Waals surface area contributed by atoms with Gasteiger partial charge in [-0.05, 0) is 71.5 Å². The largest absolute Gasteiger partial charge is 0.481 e. The second kappa shape index (κ2) is 8.98. The van der Waals surface area contributed by atoms with E-state index in [0.717, 1.165) is 46.9 Å². The quantitative estimate of drug-likeness (QED) is 0.415. The first-order valence-electron chi connectivity index (χ1n) is 9.69. The number of hydrogen-bond acceptors (Lipinski definition) is 3. The fraction of sp³-hybridized carbons (Fsp3) is 0.476. The van der Waals surface area contributed by atoms with Gasteiger partial charge in [0.25, 0.3) is 10.0 Å². The maximum absolute atomic E-state index is 13.3. The maximum Gasteiger partial charge on any atom is 0.303 e. The van der Waals surface area contributed by atoms with E-state index in [2.05, 4.69) is 28.7 Å². The Balaban J connectivity index is 1.88. The molecule has 0 bridgehead atoms. The number of carbonyl (C=O) groups is 1. The Bertz CT molecular complexity index is 907. The van der Waals surface area contributed by atoms with Crippen LogP contribution in [0.15, 0.2) is 47.0 Å². The molecule has 0 saturated carbocycles. The normalized spacial score (nSPS) is 22.8. The molecule has 3 rings (SSSR count). The Morgan fingerprint density at radius 3 is 2.75 bits per heavy atom. The molecule has 0 fully saturated rings. The van der Waals surface area contributed by atoms with Crippen LogP contribution >= 0.6 is 22.6 Å². The van der Waals surface area contributed by atoms with Gasteiger partial charge in [0.15, 0.2) is 0 Å². The summed E-state index contributed by atoms with van der Waals surface area (Å²) in [7, 11) is -1.91. The van der Waals surface area contributed by atoms with Gasteiger partial charge in [-0.25, -0.2) is 8.42 Å². The molecule has 28 heavy (non-hydrogen) atoms. The second-order valence-corrected chi connectivity index (χ2v) is 10.7. The molecule has 2 atom stereocenters. The first kappa shape index (κ1) is 21.4. The van der Waals surface area contributed by atoms with Crippen LogP contribution in [0.3, 0.4) is 0 Å². The molecule has 0 amide bonds. The van der Waals surface area contributed by atoms with Crippen LogP contribution in [0.2, 0.25) is 0 Å². The molecule has 0 radical (unpaired) electrons. The van der Waals surface area contributed by atoms with E-state index in [4.69, 9.17) is 5.11 Å². The monoisotopic (exact) mass is 515 g/mol. The van der Waals surface area contributed by atoms with Crippen LogP contribution in [-0.4, -0.2) is 30.8 Å². The topological polar surface area (TPSA) is 74.7 Å². The number of carboxylic acid groups (broad SMARTS) is 1. The number of fused-ring (bicyclic) bond motifs is 2. The van der Waals surface area contributed by atoms with Gasteiger partial charge < -0.3 is 5.11 Å². The number of halogens is 1. The van der Waals surface area contributed by atoms with Crippen LogP contribution in [0, 0.1) is 9.49 Å². The number of aliphatic carboxylic acids is 1. The van der Waals surface area contributed by atoms with Crippen molar-refractivity contribution in [1.82, 2.24) is 4.31 Å². The van der Waals surface area contributed by atoms with Crippen molar-refractivity contribution in [1.29, 1.82) is 0 Å². The highest BCUT2D eigenvalue weighted by atomic mass is 127. The lowest BCUT2D eigenvalue weighted by atomic mass is 9.77. The summed E-state index contributed by atoms with van der Waals surface area (Å²) in [5.74, 6) is -0.461. The molecular formula is C21H26INO4S. The summed E-state index contributed by atoms with van der Waals surface area (Å²) in [6, 6.07) is 5.76. The molecule has 1 heterocycles. The minimum absolute atomic E-state index is 0.141. The zero-order valence-corrected chi connectivity index (χ0v) is 18.9. The highest BCUT2D eigenvalue weighted by molar-refractivity contribution is 14.1. The lowest BCUT2D eigenvalue weighted by molar-refractivity contribution is -0.137. The molecular weight excluding hydrogens is 489 g/mol. The molecule has 2 unspecified atom stereocenters. The summed E-state index contributed by atoms with van der Waals surface area (Å²) in [4.78, 5) is 11.1. The lowest BCUT2D eigenvalue weighted by Crippen LogP contribution is -2.29. The number of rotatable bonds is 7. The van der Waals surface area contributed by atoms with E-state index in [1.165, 1.54) is 4.31 Å². The zero-order chi connectivity index (χ0) is 20.3. The summed E-state index contributed by atoms with van der Waals surface area (Å²) < 4.78 is 28.9. The van der Waals surface area contributed by atoms with Gasteiger partial charge in [0.1, 0.15) is 0 Å². The van der Waals surface area contributed by atoms with Crippen LogP contribution < -0.4 is 0 Å². The molecule has 1 N–H and O–H groups in total. The number of unbranched alkanes of at least 4 members (excludes halogenated alkanes) is 3. The smallest absolute Gasteiger partial charge is 0.303 e. The standard InChI is InChI=1S/C21H26INO4S/c1-23-19-10-7-6-9-17(19)16(8-4-2-3-5-11-21(24)25)18-13-12-15(22)14-20(18)28(23,26)27/h6-7,10,12-14,16-17H,2-5,8-9,11H2,1H3,(H,24,25). The predicted octanol–water partition coefficient (Wildman–Crippen LogP) is 4.89. The molecule has 0 spiro atoms. The van der Waals surface area contributed by atoms with Crippen LogP contribution in [0.1, 0.15) is 56.4 Å². The summed E-state index contributed by atoms with van der Waals surface area (Å²) in [6.45, 7) is 0. The van der Waals surface area contributed by atoms with Crippen molar-refractivity contribution < 1.29 is 18.3 Å². The average Bonchev–Trinajstić information content (AvgIpc) is 2.72.